The van der Waals surface area contributed by atoms with Crippen molar-refractivity contribution in [1.82, 2.24) is 14.7 Å². The standard InChI is InChI=1S/C15H18N4O/c16-6-12-3-4-15-18-9-14(19(15)10-12)8-17-7-13-2-1-5-20-11-13/h3-4,9-10,13,17H,1-2,5,7-8,11H2. The Balaban J connectivity index is 1.63. The average molecular weight is 270 g/mol. The van der Waals surface area contributed by atoms with Crippen molar-refractivity contribution in [2.75, 3.05) is 19.8 Å². The Bertz CT molecular complexity index is 622. The lowest BCUT2D eigenvalue weighted by Gasteiger charge is -2.22. The van der Waals surface area contributed by atoms with Crippen LogP contribution in [-0.4, -0.2) is 29.1 Å². The number of ether oxygens (including phenoxy) is 1. The normalized spacial score (nSPS) is 19.1. The van der Waals surface area contributed by atoms with Gasteiger partial charge in [-0.2, -0.15) is 5.26 Å². The fraction of sp³-hybridized carbons (Fsp3) is 0.467. The van der Waals surface area contributed by atoms with E-state index in [9.17, 15) is 0 Å². The van der Waals surface area contributed by atoms with Crippen LogP contribution in [0.2, 0.25) is 0 Å². The van der Waals surface area contributed by atoms with E-state index < -0.39 is 0 Å². The highest BCUT2D eigenvalue weighted by Crippen LogP contribution is 2.13. The zero-order chi connectivity index (χ0) is 13.8. The number of aromatic nitrogens is 2. The Morgan fingerprint density at radius 2 is 2.45 bits per heavy atom. The molecular weight excluding hydrogens is 252 g/mol. The summed E-state index contributed by atoms with van der Waals surface area (Å²) in [4.78, 5) is 4.35. The number of pyridine rings is 1. The number of imidazole rings is 1. The molecular formula is C15H18N4O. The van der Waals surface area contributed by atoms with Gasteiger partial charge >= 0.3 is 0 Å². The number of fused-ring (bicyclic) bond motifs is 1. The van der Waals surface area contributed by atoms with E-state index in [0.717, 1.165) is 44.1 Å². The smallest absolute Gasteiger partial charge is 0.137 e. The van der Waals surface area contributed by atoms with Crippen LogP contribution in [0.15, 0.2) is 24.5 Å². The van der Waals surface area contributed by atoms with Crippen LogP contribution in [0, 0.1) is 17.2 Å². The van der Waals surface area contributed by atoms with Crippen LogP contribution in [0.4, 0.5) is 0 Å². The molecule has 1 unspecified atom stereocenters. The fourth-order valence-electron chi connectivity index (χ4n) is 2.60. The van der Waals surface area contributed by atoms with Gasteiger partial charge in [0, 0.05) is 25.9 Å². The molecule has 5 heteroatoms. The number of hydrogen-bond donors (Lipinski definition) is 1. The monoisotopic (exact) mass is 270 g/mol. The fourth-order valence-corrected chi connectivity index (χ4v) is 2.60. The van der Waals surface area contributed by atoms with Crippen molar-refractivity contribution in [2.24, 2.45) is 5.92 Å². The van der Waals surface area contributed by atoms with Gasteiger partial charge in [0.2, 0.25) is 0 Å². The topological polar surface area (TPSA) is 62.3 Å². The van der Waals surface area contributed by atoms with Crippen LogP contribution in [0.5, 0.6) is 0 Å². The second-order valence-corrected chi connectivity index (χ2v) is 5.22. The maximum Gasteiger partial charge on any atom is 0.137 e. The third-order valence-corrected chi connectivity index (χ3v) is 3.71. The number of rotatable bonds is 4. The minimum absolute atomic E-state index is 0.609. The highest BCUT2D eigenvalue weighted by molar-refractivity contribution is 5.44. The summed E-state index contributed by atoms with van der Waals surface area (Å²) < 4.78 is 7.45. The van der Waals surface area contributed by atoms with Gasteiger partial charge in [-0.05, 0) is 30.9 Å². The van der Waals surface area contributed by atoms with Crippen molar-refractivity contribution in [3.63, 3.8) is 0 Å². The van der Waals surface area contributed by atoms with E-state index in [2.05, 4.69) is 16.4 Å². The Hall–Kier alpha value is -1.90. The lowest BCUT2D eigenvalue weighted by atomic mass is 10.0. The van der Waals surface area contributed by atoms with Crippen molar-refractivity contribution in [1.29, 1.82) is 5.26 Å². The van der Waals surface area contributed by atoms with Crippen LogP contribution in [-0.2, 0) is 11.3 Å². The van der Waals surface area contributed by atoms with Gasteiger partial charge in [0.15, 0.2) is 0 Å². The lowest BCUT2D eigenvalue weighted by molar-refractivity contribution is 0.0547. The molecule has 1 saturated heterocycles. The van der Waals surface area contributed by atoms with Gasteiger partial charge in [0.1, 0.15) is 11.7 Å². The quantitative estimate of drug-likeness (QED) is 0.919. The molecule has 20 heavy (non-hydrogen) atoms. The molecule has 5 nitrogen and oxygen atoms in total. The summed E-state index contributed by atoms with van der Waals surface area (Å²) in [6.07, 6.45) is 6.09. The second kappa shape index (κ2) is 6.04. The predicted molar refractivity (Wildman–Crippen MR) is 75.2 cm³/mol. The first-order chi connectivity index (χ1) is 9.86. The molecule has 1 atom stereocenters. The van der Waals surface area contributed by atoms with Crippen LogP contribution in [0.3, 0.4) is 0 Å². The van der Waals surface area contributed by atoms with Crippen LogP contribution < -0.4 is 5.32 Å². The van der Waals surface area contributed by atoms with Crippen LogP contribution in [0.1, 0.15) is 24.1 Å². The summed E-state index contributed by atoms with van der Waals surface area (Å²) >= 11 is 0. The molecule has 1 N–H and O–H groups in total. The summed E-state index contributed by atoms with van der Waals surface area (Å²) in [6.45, 7) is 3.48. The minimum atomic E-state index is 0.609. The SMILES string of the molecule is N#Cc1ccc2ncc(CNCC3CCCOC3)n2c1. The molecule has 3 heterocycles. The zero-order valence-corrected chi connectivity index (χ0v) is 11.4. The summed E-state index contributed by atoms with van der Waals surface area (Å²) in [5, 5.41) is 12.4. The van der Waals surface area contributed by atoms with E-state index in [-0.39, 0.29) is 0 Å². The molecule has 0 spiro atoms. The summed E-state index contributed by atoms with van der Waals surface area (Å²) in [5.41, 5.74) is 2.60. The highest BCUT2D eigenvalue weighted by atomic mass is 16.5. The van der Waals surface area contributed by atoms with Gasteiger partial charge in [-0.1, -0.05) is 0 Å². The van der Waals surface area contributed by atoms with Crippen LogP contribution in [0.25, 0.3) is 5.65 Å². The third kappa shape index (κ3) is 2.82. The van der Waals surface area contributed by atoms with E-state index in [4.69, 9.17) is 10.00 Å². The van der Waals surface area contributed by atoms with E-state index >= 15 is 0 Å². The molecule has 3 rings (SSSR count). The zero-order valence-electron chi connectivity index (χ0n) is 11.4. The number of nitriles is 1. The Morgan fingerprint density at radius 1 is 1.50 bits per heavy atom. The highest BCUT2D eigenvalue weighted by Gasteiger charge is 2.13. The van der Waals surface area contributed by atoms with Gasteiger partial charge in [0.05, 0.1) is 24.1 Å². The molecule has 0 aliphatic carbocycles. The average Bonchev–Trinajstić information content (AvgIpc) is 2.91. The van der Waals surface area contributed by atoms with Crippen molar-refractivity contribution in [3.8, 4) is 6.07 Å². The molecule has 1 aliphatic heterocycles. The maximum atomic E-state index is 8.96. The third-order valence-electron chi connectivity index (χ3n) is 3.71. The molecule has 0 amide bonds. The van der Waals surface area contributed by atoms with Gasteiger partial charge in [-0.3, -0.25) is 0 Å². The molecule has 0 aromatic carbocycles. The van der Waals surface area contributed by atoms with Crippen molar-refractivity contribution in [3.05, 3.63) is 35.8 Å². The largest absolute Gasteiger partial charge is 0.381 e. The van der Waals surface area contributed by atoms with Crippen molar-refractivity contribution >= 4 is 5.65 Å². The van der Waals surface area contributed by atoms with Gasteiger partial charge in [-0.25, -0.2) is 4.98 Å². The lowest BCUT2D eigenvalue weighted by Crippen LogP contribution is -2.29. The summed E-state index contributed by atoms with van der Waals surface area (Å²) in [7, 11) is 0. The van der Waals surface area contributed by atoms with E-state index in [0.29, 0.717) is 11.5 Å². The second-order valence-electron chi connectivity index (χ2n) is 5.22. The van der Waals surface area contributed by atoms with Crippen molar-refractivity contribution in [2.45, 2.75) is 19.4 Å². The van der Waals surface area contributed by atoms with Gasteiger partial charge < -0.3 is 14.5 Å². The maximum absolute atomic E-state index is 8.96. The van der Waals surface area contributed by atoms with Gasteiger partial charge in [0.25, 0.3) is 0 Å². The minimum Gasteiger partial charge on any atom is -0.381 e. The Labute approximate surface area is 118 Å². The molecule has 1 fully saturated rings. The molecule has 0 saturated carbocycles. The molecule has 2 aromatic heterocycles. The van der Waals surface area contributed by atoms with E-state index in [1.807, 2.05) is 22.9 Å². The first kappa shape index (κ1) is 13.1. The first-order valence-corrected chi connectivity index (χ1v) is 7.01. The van der Waals surface area contributed by atoms with Crippen LogP contribution >= 0.6 is 0 Å². The van der Waals surface area contributed by atoms with Crippen molar-refractivity contribution < 1.29 is 4.74 Å². The summed E-state index contributed by atoms with van der Waals surface area (Å²) in [6, 6.07) is 5.82. The Kier molecular flexibility index (Phi) is 3.95. The van der Waals surface area contributed by atoms with Gasteiger partial charge in [-0.15, -0.1) is 0 Å². The molecule has 0 radical (unpaired) electrons. The van der Waals surface area contributed by atoms with E-state index in [1.54, 1.807) is 6.07 Å². The number of hydrogen-bond acceptors (Lipinski definition) is 4. The van der Waals surface area contributed by atoms with E-state index in [1.165, 1.54) is 6.42 Å². The predicted octanol–water partition coefficient (Wildman–Crippen LogP) is 1.72. The number of nitrogens with zero attached hydrogens (tertiary/aromatic N) is 3. The first-order valence-electron chi connectivity index (χ1n) is 7.01. The molecule has 0 bridgehead atoms. The molecule has 1 aliphatic rings. The Morgan fingerprint density at radius 3 is 3.25 bits per heavy atom. The molecule has 104 valence electrons. The molecule has 2 aromatic rings. The summed E-state index contributed by atoms with van der Waals surface area (Å²) in [5.74, 6) is 0.609. The number of nitrogens with one attached hydrogen (secondary N) is 1.